The van der Waals surface area contributed by atoms with Gasteiger partial charge in [-0.05, 0) is 24.6 Å². The molecule has 2 heterocycles. The number of para-hydroxylation sites is 1. The Kier molecular flexibility index (Phi) is 4.43. The van der Waals surface area contributed by atoms with Crippen LogP contribution in [0, 0.1) is 6.92 Å². The molecule has 2 N–H and O–H groups in total. The molecule has 0 amide bonds. The highest BCUT2D eigenvalue weighted by Gasteiger charge is 2.10. The lowest BCUT2D eigenvalue weighted by Gasteiger charge is -2.13. The van der Waals surface area contributed by atoms with E-state index in [4.69, 9.17) is 11.6 Å². The average molecular weight is 329 g/mol. The third kappa shape index (κ3) is 3.27. The molecule has 0 aliphatic rings. The molecule has 0 aliphatic heterocycles. The van der Waals surface area contributed by atoms with Gasteiger partial charge in [-0.15, -0.1) is 0 Å². The van der Waals surface area contributed by atoms with E-state index in [-0.39, 0.29) is 0 Å². The van der Waals surface area contributed by atoms with Crippen molar-refractivity contribution >= 4 is 23.1 Å². The second-order valence-corrected chi connectivity index (χ2v) is 5.38. The van der Waals surface area contributed by atoms with Crippen molar-refractivity contribution in [1.29, 1.82) is 0 Å². The molecule has 0 radical (unpaired) electrons. The molecule has 0 unspecified atom stereocenters. The highest BCUT2D eigenvalue weighted by atomic mass is 35.5. The summed E-state index contributed by atoms with van der Waals surface area (Å²) < 4.78 is 1.87. The Labute approximate surface area is 139 Å². The molecular formula is C16H17ClN6. The summed E-state index contributed by atoms with van der Waals surface area (Å²) in [5.74, 6) is 0.666. The van der Waals surface area contributed by atoms with Crippen LogP contribution in [-0.4, -0.2) is 26.8 Å². The second-order valence-electron chi connectivity index (χ2n) is 5.02. The second kappa shape index (κ2) is 6.66. The lowest BCUT2D eigenvalue weighted by molar-refractivity contribution is 0.848. The van der Waals surface area contributed by atoms with Crippen molar-refractivity contribution in [1.82, 2.24) is 19.7 Å². The van der Waals surface area contributed by atoms with Gasteiger partial charge in [0.1, 0.15) is 12.0 Å². The summed E-state index contributed by atoms with van der Waals surface area (Å²) in [7, 11) is 1.79. The molecule has 0 bridgehead atoms. The van der Waals surface area contributed by atoms with Gasteiger partial charge in [-0.3, -0.25) is 0 Å². The van der Waals surface area contributed by atoms with Gasteiger partial charge in [0.25, 0.3) is 0 Å². The largest absolute Gasteiger partial charge is 0.383 e. The van der Waals surface area contributed by atoms with E-state index >= 15 is 0 Å². The Morgan fingerprint density at radius 3 is 2.74 bits per heavy atom. The van der Waals surface area contributed by atoms with Crippen LogP contribution in [0.3, 0.4) is 0 Å². The molecule has 0 atom stereocenters. The van der Waals surface area contributed by atoms with Crippen molar-refractivity contribution in [3.8, 4) is 5.69 Å². The summed E-state index contributed by atoms with van der Waals surface area (Å²) in [5, 5.41) is 11.2. The third-order valence-electron chi connectivity index (χ3n) is 3.46. The molecule has 23 heavy (non-hydrogen) atoms. The van der Waals surface area contributed by atoms with Gasteiger partial charge in [0.15, 0.2) is 11.0 Å². The lowest BCUT2D eigenvalue weighted by atomic mass is 10.2. The maximum atomic E-state index is 6.07. The van der Waals surface area contributed by atoms with Gasteiger partial charge in [0.2, 0.25) is 0 Å². The highest BCUT2D eigenvalue weighted by Crippen LogP contribution is 2.26. The minimum Gasteiger partial charge on any atom is -0.383 e. The molecule has 2 aromatic heterocycles. The molecular weight excluding hydrogens is 312 g/mol. The van der Waals surface area contributed by atoms with Crippen LogP contribution in [0.25, 0.3) is 5.69 Å². The van der Waals surface area contributed by atoms with E-state index in [1.54, 1.807) is 7.05 Å². The SMILES string of the molecule is CNc1c(Cl)ncnc1NCc1ccccc1-n1ccc(C)n1. The first-order chi connectivity index (χ1) is 11.2. The van der Waals surface area contributed by atoms with Crippen LogP contribution < -0.4 is 10.6 Å². The van der Waals surface area contributed by atoms with Crippen molar-refractivity contribution < 1.29 is 0 Å². The predicted molar refractivity (Wildman–Crippen MR) is 92.2 cm³/mol. The fourth-order valence-corrected chi connectivity index (χ4v) is 2.56. The fourth-order valence-electron chi connectivity index (χ4n) is 2.33. The minimum absolute atomic E-state index is 0.390. The topological polar surface area (TPSA) is 67.7 Å². The van der Waals surface area contributed by atoms with E-state index in [0.29, 0.717) is 23.2 Å². The summed E-state index contributed by atoms with van der Waals surface area (Å²) in [6, 6.07) is 10.1. The summed E-state index contributed by atoms with van der Waals surface area (Å²) in [6.45, 7) is 2.57. The van der Waals surface area contributed by atoms with Crippen LogP contribution in [0.15, 0.2) is 42.9 Å². The zero-order valence-electron chi connectivity index (χ0n) is 12.9. The number of hydrogen-bond acceptors (Lipinski definition) is 5. The number of benzene rings is 1. The fraction of sp³-hybridized carbons (Fsp3) is 0.188. The Balaban J connectivity index is 1.86. The third-order valence-corrected chi connectivity index (χ3v) is 3.74. The van der Waals surface area contributed by atoms with E-state index in [1.807, 2.05) is 42.1 Å². The van der Waals surface area contributed by atoms with Gasteiger partial charge in [0.05, 0.1) is 11.4 Å². The average Bonchev–Trinajstić information content (AvgIpc) is 2.99. The van der Waals surface area contributed by atoms with E-state index < -0.39 is 0 Å². The molecule has 0 saturated carbocycles. The normalized spacial score (nSPS) is 10.6. The molecule has 0 aliphatic carbocycles. The van der Waals surface area contributed by atoms with Gasteiger partial charge in [-0.2, -0.15) is 5.10 Å². The maximum absolute atomic E-state index is 6.07. The van der Waals surface area contributed by atoms with E-state index in [9.17, 15) is 0 Å². The van der Waals surface area contributed by atoms with Gasteiger partial charge in [-0.25, -0.2) is 14.6 Å². The van der Waals surface area contributed by atoms with Crippen molar-refractivity contribution in [3.05, 3.63) is 59.3 Å². The number of halogens is 1. The summed E-state index contributed by atoms with van der Waals surface area (Å²) in [4.78, 5) is 8.21. The summed E-state index contributed by atoms with van der Waals surface area (Å²) in [6.07, 6.45) is 3.39. The molecule has 3 rings (SSSR count). The van der Waals surface area contributed by atoms with Gasteiger partial charge in [0, 0.05) is 19.8 Å². The van der Waals surface area contributed by atoms with Crippen LogP contribution in [0.1, 0.15) is 11.3 Å². The zero-order chi connectivity index (χ0) is 16.2. The Morgan fingerprint density at radius 2 is 2.00 bits per heavy atom. The molecule has 0 fully saturated rings. The highest BCUT2D eigenvalue weighted by molar-refractivity contribution is 6.32. The van der Waals surface area contributed by atoms with Crippen LogP contribution in [-0.2, 0) is 6.54 Å². The van der Waals surface area contributed by atoms with Crippen molar-refractivity contribution in [2.24, 2.45) is 0 Å². The van der Waals surface area contributed by atoms with Crippen molar-refractivity contribution in [2.75, 3.05) is 17.7 Å². The van der Waals surface area contributed by atoms with Gasteiger partial charge < -0.3 is 10.6 Å². The Morgan fingerprint density at radius 1 is 1.17 bits per heavy atom. The van der Waals surface area contributed by atoms with Crippen LogP contribution >= 0.6 is 11.6 Å². The first-order valence-corrected chi connectivity index (χ1v) is 7.59. The monoisotopic (exact) mass is 328 g/mol. The van der Waals surface area contributed by atoms with E-state index in [0.717, 1.165) is 16.9 Å². The molecule has 3 aromatic rings. The van der Waals surface area contributed by atoms with Crippen LogP contribution in [0.2, 0.25) is 5.15 Å². The zero-order valence-corrected chi connectivity index (χ0v) is 13.7. The lowest BCUT2D eigenvalue weighted by Crippen LogP contribution is -2.09. The number of anilines is 2. The van der Waals surface area contributed by atoms with Crippen molar-refractivity contribution in [2.45, 2.75) is 13.5 Å². The standard InChI is InChI=1S/C16H17ClN6/c1-11-7-8-23(22-11)13-6-4-3-5-12(13)9-19-16-14(18-2)15(17)20-10-21-16/h3-8,10,18H,9H2,1-2H3,(H,19,20,21). The minimum atomic E-state index is 0.390. The number of aryl methyl sites for hydroxylation is 1. The number of nitrogens with one attached hydrogen (secondary N) is 2. The predicted octanol–water partition coefficient (Wildman–Crippen LogP) is 3.28. The van der Waals surface area contributed by atoms with E-state index in [2.05, 4.69) is 31.8 Å². The summed E-state index contributed by atoms with van der Waals surface area (Å²) >= 11 is 6.07. The summed E-state index contributed by atoms with van der Waals surface area (Å²) in [5.41, 5.74) is 3.79. The molecule has 118 valence electrons. The van der Waals surface area contributed by atoms with Crippen molar-refractivity contribution in [3.63, 3.8) is 0 Å². The first kappa shape index (κ1) is 15.3. The molecule has 0 spiro atoms. The number of nitrogens with zero attached hydrogens (tertiary/aromatic N) is 4. The Hall–Kier alpha value is -2.60. The van der Waals surface area contributed by atoms with Gasteiger partial charge in [-0.1, -0.05) is 29.8 Å². The number of rotatable bonds is 5. The molecule has 7 heteroatoms. The smallest absolute Gasteiger partial charge is 0.157 e. The van der Waals surface area contributed by atoms with Crippen LogP contribution in [0.5, 0.6) is 0 Å². The maximum Gasteiger partial charge on any atom is 0.157 e. The Bertz CT molecular complexity index is 814. The first-order valence-electron chi connectivity index (χ1n) is 7.21. The van der Waals surface area contributed by atoms with E-state index in [1.165, 1.54) is 6.33 Å². The van der Waals surface area contributed by atoms with Gasteiger partial charge >= 0.3 is 0 Å². The molecule has 0 saturated heterocycles. The molecule has 1 aromatic carbocycles. The quantitative estimate of drug-likeness (QED) is 0.703. The number of aromatic nitrogens is 4. The molecule has 6 nitrogen and oxygen atoms in total. The van der Waals surface area contributed by atoms with Crippen LogP contribution in [0.4, 0.5) is 11.5 Å². The number of hydrogen-bond donors (Lipinski definition) is 2.